The monoisotopic (exact) mass is 574 g/mol. The Morgan fingerprint density at radius 2 is 1.62 bits per heavy atom. The average Bonchev–Trinajstić information content (AvgIpc) is 3.49. The van der Waals surface area contributed by atoms with Gasteiger partial charge in [-0.1, -0.05) is 96.7 Å². The highest BCUT2D eigenvalue weighted by atomic mass is 32.2. The lowest BCUT2D eigenvalue weighted by atomic mass is 9.49. The number of hydrogen-bond donors (Lipinski definition) is 2. The number of fused-ring (bicyclic) bond motifs is 1. The molecule has 0 radical (unpaired) electrons. The van der Waals surface area contributed by atoms with Crippen molar-refractivity contribution in [1.82, 2.24) is 5.32 Å². The van der Waals surface area contributed by atoms with Crippen molar-refractivity contribution >= 4 is 22.8 Å². The van der Waals surface area contributed by atoms with Gasteiger partial charge in [0.25, 0.3) is 5.54 Å². The lowest BCUT2D eigenvalue weighted by Crippen LogP contribution is -2.58. The molecule has 2 bridgehead atoms. The maximum absolute atomic E-state index is 14.2. The van der Waals surface area contributed by atoms with Gasteiger partial charge < -0.3 is 11.1 Å². The van der Waals surface area contributed by atoms with E-state index in [1.807, 2.05) is 73.7 Å². The van der Waals surface area contributed by atoms with E-state index in [0.717, 1.165) is 33.4 Å². The second-order valence-electron chi connectivity index (χ2n) is 11.6. The zero-order valence-electron chi connectivity index (χ0n) is 23.1. The molecule has 0 aromatic heterocycles. The summed E-state index contributed by atoms with van der Waals surface area (Å²) in [5.41, 5.74) is 10.7. The van der Waals surface area contributed by atoms with Crippen molar-refractivity contribution < 1.29 is 9.72 Å². The molecule has 2 atom stereocenters. The van der Waals surface area contributed by atoms with Crippen molar-refractivity contribution in [3.8, 4) is 11.1 Å². The summed E-state index contributed by atoms with van der Waals surface area (Å²) < 4.78 is 0. The molecule has 1 heterocycles. The molecule has 4 aromatic carbocycles. The number of hydrogen-bond acceptors (Lipinski definition) is 6. The zero-order valence-corrected chi connectivity index (χ0v) is 23.9. The molecule has 0 fully saturated rings. The van der Waals surface area contributed by atoms with E-state index < -0.39 is 11.0 Å². The van der Waals surface area contributed by atoms with Crippen molar-refractivity contribution in [2.45, 2.75) is 37.4 Å². The topological polar surface area (TPSA) is 111 Å². The minimum atomic E-state index is -1.48. The van der Waals surface area contributed by atoms with Crippen LogP contribution >= 0.6 is 11.8 Å². The third-order valence-electron chi connectivity index (χ3n) is 9.16. The smallest absolute Gasteiger partial charge is 0.273 e. The van der Waals surface area contributed by atoms with Crippen LogP contribution in [-0.4, -0.2) is 21.8 Å². The van der Waals surface area contributed by atoms with Gasteiger partial charge in [0, 0.05) is 40.7 Å². The van der Waals surface area contributed by atoms with Gasteiger partial charge in [0.1, 0.15) is 0 Å². The Bertz CT molecular complexity index is 1740. The van der Waals surface area contributed by atoms with Gasteiger partial charge in [0.05, 0.1) is 11.5 Å². The van der Waals surface area contributed by atoms with E-state index in [0.29, 0.717) is 28.6 Å². The molecule has 4 aromatic rings. The molecule has 0 spiro atoms. The third kappa shape index (κ3) is 3.93. The Morgan fingerprint density at radius 1 is 0.976 bits per heavy atom. The van der Waals surface area contributed by atoms with Crippen LogP contribution < -0.4 is 11.1 Å². The number of nitrogens with two attached hydrogens (primary N) is 1. The van der Waals surface area contributed by atoms with E-state index >= 15 is 0 Å². The van der Waals surface area contributed by atoms with E-state index in [1.165, 1.54) is 11.8 Å². The Kier molecular flexibility index (Phi) is 6.29. The highest BCUT2D eigenvalue weighted by Gasteiger charge is 2.67. The molecule has 8 heteroatoms. The highest BCUT2D eigenvalue weighted by Crippen LogP contribution is 2.63. The summed E-state index contributed by atoms with van der Waals surface area (Å²) in [5.74, 6) is 0.171. The lowest BCUT2D eigenvalue weighted by molar-refractivity contribution is -0.573. The number of thioether (sulfide) groups is 1. The third-order valence-corrected chi connectivity index (χ3v) is 10.1. The Balaban J connectivity index is 1.20. The SMILES string of the molecule is CC1(C(=O)NC2=NC(c3cccc(-c4cccc(CN)c4)c3)CS2)CC2([N+](=O)[O-])c3ccccc3C1c1ccccc12. The van der Waals surface area contributed by atoms with Gasteiger partial charge in [-0.3, -0.25) is 19.9 Å². The zero-order chi connectivity index (χ0) is 29.1. The van der Waals surface area contributed by atoms with E-state index in [9.17, 15) is 14.9 Å². The summed E-state index contributed by atoms with van der Waals surface area (Å²) in [6.07, 6.45) is 0.0861. The van der Waals surface area contributed by atoms with Gasteiger partial charge in [0.2, 0.25) is 5.91 Å². The summed E-state index contributed by atoms with van der Waals surface area (Å²) in [6, 6.07) is 31.5. The number of rotatable bonds is 5. The minimum absolute atomic E-state index is 0.0861. The molecule has 7 nitrogen and oxygen atoms in total. The van der Waals surface area contributed by atoms with Crippen LogP contribution in [0, 0.1) is 15.5 Å². The highest BCUT2D eigenvalue weighted by molar-refractivity contribution is 8.14. The molecule has 2 unspecified atom stereocenters. The molecule has 42 heavy (non-hydrogen) atoms. The van der Waals surface area contributed by atoms with E-state index in [-0.39, 0.29) is 29.2 Å². The summed E-state index contributed by atoms with van der Waals surface area (Å²) >= 11 is 1.51. The Morgan fingerprint density at radius 3 is 2.29 bits per heavy atom. The largest absolute Gasteiger partial charge is 0.326 e. The minimum Gasteiger partial charge on any atom is -0.326 e. The maximum Gasteiger partial charge on any atom is 0.273 e. The number of nitro groups is 1. The number of benzene rings is 4. The molecule has 0 saturated heterocycles. The number of amides is 1. The predicted molar refractivity (Wildman–Crippen MR) is 166 cm³/mol. The van der Waals surface area contributed by atoms with Crippen molar-refractivity contribution in [3.05, 3.63) is 141 Å². The van der Waals surface area contributed by atoms with Gasteiger partial charge in [0.15, 0.2) is 5.17 Å². The first-order valence-electron chi connectivity index (χ1n) is 14.1. The molecule has 8 rings (SSSR count). The molecule has 3 N–H and O–H groups in total. The average molecular weight is 575 g/mol. The maximum atomic E-state index is 14.2. The number of nitrogens with zero attached hydrogens (tertiary/aromatic N) is 2. The van der Waals surface area contributed by atoms with E-state index in [2.05, 4.69) is 35.6 Å². The fourth-order valence-electron chi connectivity index (χ4n) is 7.20. The molecule has 0 saturated carbocycles. The van der Waals surface area contributed by atoms with Gasteiger partial charge >= 0.3 is 0 Å². The fourth-order valence-corrected chi connectivity index (χ4v) is 8.15. The van der Waals surface area contributed by atoms with Crippen LogP contribution in [-0.2, 0) is 16.9 Å². The lowest BCUT2D eigenvalue weighted by Gasteiger charge is -2.52. The second-order valence-corrected chi connectivity index (χ2v) is 12.6. The summed E-state index contributed by atoms with van der Waals surface area (Å²) in [7, 11) is 0. The molecule has 1 aliphatic heterocycles. The van der Waals surface area contributed by atoms with Crippen LogP contribution in [0.3, 0.4) is 0 Å². The normalized spacial score (nSPS) is 25.3. The first kappa shape index (κ1) is 26.6. The van der Waals surface area contributed by atoms with Crippen LogP contribution in [0.15, 0.2) is 102 Å². The van der Waals surface area contributed by atoms with Gasteiger partial charge in [-0.05, 0) is 52.4 Å². The second kappa shape index (κ2) is 9.93. The van der Waals surface area contributed by atoms with E-state index in [1.54, 1.807) is 0 Å². The van der Waals surface area contributed by atoms with Crippen molar-refractivity contribution in [3.63, 3.8) is 0 Å². The fraction of sp³-hybridized carbons (Fsp3) is 0.235. The number of carbonyl (C=O) groups excluding carboxylic acids is 1. The first-order valence-corrected chi connectivity index (χ1v) is 15.1. The predicted octanol–water partition coefficient (Wildman–Crippen LogP) is 6.15. The summed E-state index contributed by atoms with van der Waals surface area (Å²) in [4.78, 5) is 31.8. The summed E-state index contributed by atoms with van der Waals surface area (Å²) in [5, 5.41) is 16.6. The molecular weight excluding hydrogens is 544 g/mol. The van der Waals surface area contributed by atoms with Crippen molar-refractivity contribution in [2.75, 3.05) is 5.75 Å². The van der Waals surface area contributed by atoms with Crippen LogP contribution in [0.1, 0.15) is 58.7 Å². The van der Waals surface area contributed by atoms with Crippen LogP contribution in [0.4, 0.5) is 0 Å². The van der Waals surface area contributed by atoms with Crippen LogP contribution in [0.5, 0.6) is 0 Å². The molecule has 4 aliphatic rings. The standard InChI is InChI=1S/C34H30N4O3S/c1-33(20-34(38(40)41)27-14-4-2-12-25(27)30(33)26-13-3-5-15-28(26)34)31(39)37-32-36-29(19-42-32)24-11-7-10-23(17-24)22-9-6-8-21(16-22)18-35/h2-17,29-30H,18-20,35H2,1H3,(H,36,37,39). The number of carbonyl (C=O) groups is 1. The molecule has 210 valence electrons. The van der Waals surface area contributed by atoms with E-state index in [4.69, 9.17) is 10.7 Å². The number of nitrogens with one attached hydrogen (secondary N) is 1. The van der Waals surface area contributed by atoms with Gasteiger partial charge in [-0.2, -0.15) is 0 Å². The van der Waals surface area contributed by atoms with Crippen molar-refractivity contribution in [2.24, 2.45) is 16.1 Å². The summed E-state index contributed by atoms with van der Waals surface area (Å²) in [6.45, 7) is 2.35. The quantitative estimate of drug-likeness (QED) is 0.220. The van der Waals surface area contributed by atoms with Gasteiger partial charge in [-0.15, -0.1) is 0 Å². The molecular formula is C34H30N4O3S. The first-order chi connectivity index (χ1) is 20.3. The van der Waals surface area contributed by atoms with Gasteiger partial charge in [-0.25, -0.2) is 0 Å². The Labute approximate surface area is 248 Å². The van der Waals surface area contributed by atoms with Crippen LogP contribution in [0.25, 0.3) is 11.1 Å². The number of aliphatic imine (C=N–C) groups is 1. The molecule has 3 aliphatic carbocycles. The Hall–Kier alpha value is -4.27. The number of amidine groups is 1. The van der Waals surface area contributed by atoms with Crippen molar-refractivity contribution in [1.29, 1.82) is 0 Å². The molecule has 1 amide bonds. The van der Waals surface area contributed by atoms with Crippen LogP contribution in [0.2, 0.25) is 0 Å².